The molecule has 0 unspecified atom stereocenters. The number of urea groups is 1. The zero-order valence-corrected chi connectivity index (χ0v) is 14.3. The van der Waals surface area contributed by atoms with Gasteiger partial charge in [-0.3, -0.25) is 19.2 Å². The summed E-state index contributed by atoms with van der Waals surface area (Å²) in [6.07, 6.45) is 0. The van der Waals surface area contributed by atoms with E-state index in [0.29, 0.717) is 9.80 Å². The molecule has 1 heterocycles. The van der Waals surface area contributed by atoms with Crippen molar-refractivity contribution in [3.05, 3.63) is 59.7 Å². The predicted molar refractivity (Wildman–Crippen MR) is 93.6 cm³/mol. The van der Waals surface area contributed by atoms with E-state index in [1.165, 1.54) is 48.5 Å². The quantitative estimate of drug-likeness (QED) is 0.454. The van der Waals surface area contributed by atoms with Gasteiger partial charge in [0.2, 0.25) is 0 Å². The third kappa shape index (κ3) is 2.98. The molecule has 0 atom stereocenters. The van der Waals surface area contributed by atoms with Crippen LogP contribution in [-0.2, 0) is 9.59 Å². The van der Waals surface area contributed by atoms with Gasteiger partial charge in [0.25, 0.3) is 10.5 Å². The molecule has 0 radical (unpaired) electrons. The molecule has 3 rings (SSSR count). The van der Waals surface area contributed by atoms with Crippen molar-refractivity contribution in [1.82, 2.24) is 0 Å². The number of hydrogen-bond acceptors (Lipinski definition) is 5. The van der Waals surface area contributed by atoms with Gasteiger partial charge >= 0.3 is 17.8 Å². The van der Waals surface area contributed by atoms with E-state index in [9.17, 15) is 24.0 Å². The minimum Gasteiger partial charge on any atom is -0.276 e. The number of amides is 4. The Morgan fingerprint density at radius 3 is 1.19 bits per heavy atom. The SMILES string of the molecule is O=C(Cl)c1ccc(N2C(=O)C(=O)N(c3ccc(C(=O)Cl)cc3)C2=O)cc1. The van der Waals surface area contributed by atoms with Gasteiger partial charge in [0.05, 0.1) is 11.4 Å². The van der Waals surface area contributed by atoms with E-state index in [1.54, 1.807) is 0 Å². The Hall–Kier alpha value is -3.03. The van der Waals surface area contributed by atoms with Crippen molar-refractivity contribution in [2.75, 3.05) is 9.80 Å². The van der Waals surface area contributed by atoms with Crippen LogP contribution in [0.1, 0.15) is 20.7 Å². The normalized spacial score (nSPS) is 14.2. The van der Waals surface area contributed by atoms with Crippen LogP contribution in [0.3, 0.4) is 0 Å². The van der Waals surface area contributed by atoms with Crippen molar-refractivity contribution in [2.45, 2.75) is 0 Å². The summed E-state index contributed by atoms with van der Waals surface area (Å²) in [5.74, 6) is -2.09. The van der Waals surface area contributed by atoms with Crippen molar-refractivity contribution in [3.8, 4) is 0 Å². The molecule has 0 saturated carbocycles. The lowest BCUT2D eigenvalue weighted by atomic mass is 10.2. The van der Waals surface area contributed by atoms with E-state index in [4.69, 9.17) is 23.2 Å². The molecule has 0 bridgehead atoms. The lowest BCUT2D eigenvalue weighted by molar-refractivity contribution is -0.133. The molecule has 0 N–H and O–H groups in total. The number of carbonyl (C=O) groups excluding carboxylic acids is 5. The number of hydrogen-bond donors (Lipinski definition) is 0. The molecule has 2 aromatic carbocycles. The summed E-state index contributed by atoms with van der Waals surface area (Å²) < 4.78 is 0. The third-order valence-corrected chi connectivity index (χ3v) is 4.11. The zero-order chi connectivity index (χ0) is 19.0. The molecule has 2 aromatic rings. The molecule has 1 aliphatic heterocycles. The van der Waals surface area contributed by atoms with Crippen molar-refractivity contribution in [1.29, 1.82) is 0 Å². The Morgan fingerprint density at radius 2 is 0.923 bits per heavy atom. The summed E-state index contributed by atoms with van der Waals surface area (Å²) in [4.78, 5) is 60.6. The molecule has 4 amide bonds. The van der Waals surface area contributed by atoms with Gasteiger partial charge in [-0.25, -0.2) is 14.6 Å². The van der Waals surface area contributed by atoms with Gasteiger partial charge in [0.15, 0.2) is 0 Å². The molecule has 1 fully saturated rings. The summed E-state index contributed by atoms with van der Waals surface area (Å²) in [6.45, 7) is 0. The van der Waals surface area contributed by atoms with Gasteiger partial charge in [-0.05, 0) is 71.7 Å². The van der Waals surface area contributed by atoms with Crippen molar-refractivity contribution in [3.63, 3.8) is 0 Å². The Balaban J connectivity index is 1.94. The van der Waals surface area contributed by atoms with Crippen LogP contribution < -0.4 is 9.80 Å². The van der Waals surface area contributed by atoms with E-state index < -0.39 is 28.3 Å². The number of imide groups is 2. The Morgan fingerprint density at radius 1 is 0.615 bits per heavy atom. The number of anilines is 2. The Kier molecular flexibility index (Phi) is 4.58. The molecule has 9 heteroatoms. The maximum absolute atomic E-state index is 12.6. The van der Waals surface area contributed by atoms with Gasteiger partial charge in [0.1, 0.15) is 0 Å². The smallest absolute Gasteiger partial charge is 0.276 e. The fourth-order valence-corrected chi connectivity index (χ4v) is 2.66. The summed E-state index contributed by atoms with van der Waals surface area (Å²) >= 11 is 10.7. The lowest BCUT2D eigenvalue weighted by Crippen LogP contribution is -2.33. The van der Waals surface area contributed by atoms with Crippen LogP contribution in [0.4, 0.5) is 16.2 Å². The lowest BCUT2D eigenvalue weighted by Gasteiger charge is -2.15. The standard InChI is InChI=1S/C17H8Cl2N2O5/c18-13(22)9-1-5-11(6-2-9)20-15(24)16(25)21(17(20)26)12-7-3-10(4-8-12)14(19)23/h1-8H. The molecule has 26 heavy (non-hydrogen) atoms. The van der Waals surface area contributed by atoms with E-state index in [2.05, 4.69) is 0 Å². The molecule has 7 nitrogen and oxygen atoms in total. The molecule has 1 aliphatic rings. The van der Waals surface area contributed by atoms with E-state index in [1.807, 2.05) is 0 Å². The van der Waals surface area contributed by atoms with Crippen LogP contribution in [0.2, 0.25) is 0 Å². The number of benzene rings is 2. The summed E-state index contributed by atoms with van der Waals surface area (Å²) in [5, 5.41) is -1.38. The largest absolute Gasteiger partial charge is 0.343 e. The maximum atomic E-state index is 12.6. The van der Waals surface area contributed by atoms with Crippen LogP contribution in [0, 0.1) is 0 Å². The average molecular weight is 391 g/mol. The van der Waals surface area contributed by atoms with Crippen LogP contribution in [0.5, 0.6) is 0 Å². The summed E-state index contributed by atoms with van der Waals surface area (Å²) in [6, 6.07) is 9.77. The molecule has 1 saturated heterocycles. The second kappa shape index (κ2) is 6.70. The minimum atomic E-state index is -1.04. The second-order valence-electron chi connectivity index (χ2n) is 5.20. The number of rotatable bonds is 4. The Bertz CT molecular complexity index is 877. The third-order valence-electron chi connectivity index (χ3n) is 3.68. The van der Waals surface area contributed by atoms with Crippen molar-refractivity contribution in [2.24, 2.45) is 0 Å². The van der Waals surface area contributed by atoms with Gasteiger partial charge in [-0.2, -0.15) is 0 Å². The van der Waals surface area contributed by atoms with E-state index in [-0.39, 0.29) is 22.5 Å². The summed E-state index contributed by atoms with van der Waals surface area (Å²) in [7, 11) is 0. The molecule has 130 valence electrons. The molecular formula is C17H8Cl2N2O5. The van der Waals surface area contributed by atoms with Crippen LogP contribution >= 0.6 is 23.2 Å². The molecular weight excluding hydrogens is 383 g/mol. The highest BCUT2D eigenvalue weighted by atomic mass is 35.5. The average Bonchev–Trinajstić information content (AvgIpc) is 2.84. The Labute approximate surface area is 156 Å². The van der Waals surface area contributed by atoms with Gasteiger partial charge < -0.3 is 0 Å². The second-order valence-corrected chi connectivity index (χ2v) is 5.89. The van der Waals surface area contributed by atoms with E-state index in [0.717, 1.165) is 0 Å². The first kappa shape index (κ1) is 17.8. The minimum absolute atomic E-state index is 0.116. The van der Waals surface area contributed by atoms with Gasteiger partial charge in [-0.15, -0.1) is 0 Å². The highest BCUT2D eigenvalue weighted by Crippen LogP contribution is 2.27. The fraction of sp³-hybridized carbons (Fsp3) is 0. The first-order valence-corrected chi connectivity index (χ1v) is 7.89. The monoisotopic (exact) mass is 390 g/mol. The van der Waals surface area contributed by atoms with Crippen LogP contribution in [0.15, 0.2) is 48.5 Å². The molecule has 0 aromatic heterocycles. The van der Waals surface area contributed by atoms with Crippen molar-refractivity contribution >= 4 is 62.9 Å². The molecule has 0 aliphatic carbocycles. The van der Waals surface area contributed by atoms with Gasteiger partial charge in [0, 0.05) is 11.1 Å². The predicted octanol–water partition coefficient (Wildman–Crippen LogP) is 2.94. The first-order valence-electron chi connectivity index (χ1n) is 7.13. The van der Waals surface area contributed by atoms with Crippen molar-refractivity contribution < 1.29 is 24.0 Å². The van der Waals surface area contributed by atoms with E-state index >= 15 is 0 Å². The summed E-state index contributed by atoms with van der Waals surface area (Å²) in [5.41, 5.74) is 0.591. The topological polar surface area (TPSA) is 91.8 Å². The maximum Gasteiger partial charge on any atom is 0.343 e. The fourth-order valence-electron chi connectivity index (χ4n) is 2.40. The highest BCUT2D eigenvalue weighted by Gasteiger charge is 2.46. The van der Waals surface area contributed by atoms with Crippen LogP contribution in [0.25, 0.3) is 0 Å². The zero-order valence-electron chi connectivity index (χ0n) is 12.8. The van der Waals surface area contributed by atoms with Gasteiger partial charge in [-0.1, -0.05) is 0 Å². The first-order chi connectivity index (χ1) is 12.3. The highest BCUT2D eigenvalue weighted by molar-refractivity contribution is 6.68. The number of nitrogens with zero attached hydrogens (tertiary/aromatic N) is 2. The molecule has 0 spiro atoms. The number of halogens is 2. The number of carbonyl (C=O) groups is 5. The van der Waals surface area contributed by atoms with Crippen LogP contribution in [-0.4, -0.2) is 28.3 Å².